The second kappa shape index (κ2) is 5.17. The van der Waals surface area contributed by atoms with E-state index in [0.29, 0.717) is 17.8 Å². The second-order valence-corrected chi connectivity index (χ2v) is 4.43. The maximum atomic E-state index is 12.7. The number of piperidine rings is 1. The highest BCUT2D eigenvalue weighted by Crippen LogP contribution is 2.26. The molecule has 4 heteroatoms. The Bertz CT molecular complexity index is 408. The zero-order valence-electron chi connectivity index (χ0n) is 9.60. The molecule has 1 aromatic carbocycles. The molecule has 0 amide bonds. The lowest BCUT2D eigenvalue weighted by atomic mass is 9.98. The lowest BCUT2D eigenvalue weighted by molar-refractivity contribution is 0.0697. The van der Waals surface area contributed by atoms with Crippen LogP contribution >= 0.6 is 0 Å². The van der Waals surface area contributed by atoms with E-state index >= 15 is 0 Å². The fraction of sp³-hybridized carbons (Fsp3) is 0.462. The van der Waals surface area contributed by atoms with Crippen LogP contribution < -0.4 is 4.90 Å². The molecule has 1 fully saturated rings. The number of benzene rings is 1. The summed E-state index contributed by atoms with van der Waals surface area (Å²) in [5.74, 6) is -0.895. The Labute approximate surface area is 99.9 Å². The third-order valence-electron chi connectivity index (χ3n) is 3.21. The van der Waals surface area contributed by atoms with Crippen molar-refractivity contribution in [3.05, 3.63) is 29.8 Å². The lowest BCUT2D eigenvalue weighted by Gasteiger charge is -2.34. The van der Waals surface area contributed by atoms with Crippen molar-refractivity contribution < 1.29 is 14.3 Å². The Hall–Kier alpha value is -1.58. The second-order valence-electron chi connectivity index (χ2n) is 4.43. The highest BCUT2D eigenvalue weighted by Gasteiger charge is 2.22. The first-order valence-corrected chi connectivity index (χ1v) is 5.85. The first kappa shape index (κ1) is 11.9. The van der Waals surface area contributed by atoms with Gasteiger partial charge in [0, 0.05) is 19.0 Å². The average molecular weight is 237 g/mol. The van der Waals surface area contributed by atoms with Gasteiger partial charge < -0.3 is 10.0 Å². The molecule has 0 bridgehead atoms. The molecule has 0 aromatic heterocycles. The van der Waals surface area contributed by atoms with Gasteiger partial charge in [0.25, 0.3) is 0 Å². The molecule has 1 unspecified atom stereocenters. The van der Waals surface area contributed by atoms with Gasteiger partial charge in [-0.1, -0.05) is 12.1 Å². The van der Waals surface area contributed by atoms with Crippen molar-refractivity contribution in [1.29, 1.82) is 0 Å². The monoisotopic (exact) mass is 237 g/mol. The minimum absolute atomic E-state index is 0.0330. The van der Waals surface area contributed by atoms with Gasteiger partial charge in [0.2, 0.25) is 0 Å². The third kappa shape index (κ3) is 2.57. The molecule has 1 aliphatic rings. The number of carbonyl (C=O) groups is 1. The summed E-state index contributed by atoms with van der Waals surface area (Å²) in [4.78, 5) is 13.1. The van der Waals surface area contributed by atoms with Gasteiger partial charge in [-0.25, -0.2) is 4.79 Å². The van der Waals surface area contributed by atoms with Crippen molar-refractivity contribution in [2.75, 3.05) is 24.7 Å². The predicted molar refractivity (Wildman–Crippen MR) is 64.3 cm³/mol. The molecule has 1 heterocycles. The van der Waals surface area contributed by atoms with Crippen LogP contribution in [0.5, 0.6) is 0 Å². The summed E-state index contributed by atoms with van der Waals surface area (Å²) >= 11 is 0. The summed E-state index contributed by atoms with van der Waals surface area (Å²) in [5, 5.41) is 9.12. The van der Waals surface area contributed by atoms with Crippen LogP contribution in [0.4, 0.5) is 10.1 Å². The van der Waals surface area contributed by atoms with Gasteiger partial charge in [0.1, 0.15) is 0 Å². The van der Waals surface area contributed by atoms with E-state index in [1.165, 1.54) is 0 Å². The number of para-hydroxylation sites is 1. The molecule has 0 saturated carbocycles. The van der Waals surface area contributed by atoms with Crippen LogP contribution in [0.2, 0.25) is 0 Å². The molecular weight excluding hydrogens is 221 g/mol. The van der Waals surface area contributed by atoms with Gasteiger partial charge in [-0.2, -0.15) is 0 Å². The van der Waals surface area contributed by atoms with Gasteiger partial charge in [-0.3, -0.25) is 4.39 Å². The van der Waals surface area contributed by atoms with E-state index in [2.05, 4.69) is 0 Å². The summed E-state index contributed by atoms with van der Waals surface area (Å²) in [5.41, 5.74) is 1.00. The third-order valence-corrected chi connectivity index (χ3v) is 3.21. The maximum absolute atomic E-state index is 12.7. The van der Waals surface area contributed by atoms with Crippen LogP contribution in [0.1, 0.15) is 23.2 Å². The van der Waals surface area contributed by atoms with Crippen molar-refractivity contribution in [2.24, 2.45) is 5.92 Å². The Morgan fingerprint density at radius 1 is 1.47 bits per heavy atom. The van der Waals surface area contributed by atoms with Crippen molar-refractivity contribution in [2.45, 2.75) is 12.8 Å². The van der Waals surface area contributed by atoms with E-state index in [1.54, 1.807) is 18.2 Å². The Kier molecular flexibility index (Phi) is 3.61. The molecule has 1 saturated heterocycles. The van der Waals surface area contributed by atoms with Crippen molar-refractivity contribution in [3.63, 3.8) is 0 Å². The zero-order chi connectivity index (χ0) is 12.3. The van der Waals surface area contributed by atoms with E-state index in [0.717, 1.165) is 19.4 Å². The van der Waals surface area contributed by atoms with Gasteiger partial charge in [0.05, 0.1) is 17.9 Å². The minimum Gasteiger partial charge on any atom is -0.478 e. The number of nitrogens with zero attached hydrogens (tertiary/aromatic N) is 1. The fourth-order valence-corrected chi connectivity index (χ4v) is 2.34. The quantitative estimate of drug-likeness (QED) is 0.878. The van der Waals surface area contributed by atoms with Gasteiger partial charge in [-0.15, -0.1) is 0 Å². The molecule has 1 aromatic rings. The number of hydrogen-bond donors (Lipinski definition) is 1. The molecular formula is C13H16FNO2. The van der Waals surface area contributed by atoms with Crippen LogP contribution in [-0.4, -0.2) is 30.8 Å². The number of alkyl halides is 1. The summed E-state index contributed by atoms with van der Waals surface area (Å²) in [6, 6.07) is 6.92. The molecule has 1 atom stereocenters. The summed E-state index contributed by atoms with van der Waals surface area (Å²) in [7, 11) is 0. The van der Waals surface area contributed by atoms with Gasteiger partial charge >= 0.3 is 5.97 Å². The van der Waals surface area contributed by atoms with Crippen LogP contribution in [0, 0.1) is 5.92 Å². The molecule has 92 valence electrons. The molecule has 0 radical (unpaired) electrons. The Balaban J connectivity index is 2.24. The topological polar surface area (TPSA) is 40.5 Å². The van der Waals surface area contributed by atoms with Gasteiger partial charge in [0.15, 0.2) is 0 Å². The highest BCUT2D eigenvalue weighted by atomic mass is 19.1. The Morgan fingerprint density at radius 3 is 2.94 bits per heavy atom. The van der Waals surface area contributed by atoms with Gasteiger partial charge in [-0.05, 0) is 25.0 Å². The minimum atomic E-state index is -0.928. The van der Waals surface area contributed by atoms with E-state index < -0.39 is 5.97 Å². The first-order chi connectivity index (χ1) is 8.22. The van der Waals surface area contributed by atoms with E-state index in [4.69, 9.17) is 5.11 Å². The van der Waals surface area contributed by atoms with Crippen LogP contribution in [0.3, 0.4) is 0 Å². The normalized spacial score (nSPS) is 20.3. The van der Waals surface area contributed by atoms with E-state index in [9.17, 15) is 9.18 Å². The van der Waals surface area contributed by atoms with Crippen molar-refractivity contribution in [1.82, 2.24) is 0 Å². The molecule has 2 rings (SSSR count). The maximum Gasteiger partial charge on any atom is 0.337 e. The Morgan fingerprint density at radius 2 is 2.24 bits per heavy atom. The summed E-state index contributed by atoms with van der Waals surface area (Å²) in [6.07, 6.45) is 1.81. The number of carboxylic acid groups (broad SMARTS) is 1. The van der Waals surface area contributed by atoms with E-state index in [-0.39, 0.29) is 12.6 Å². The number of aromatic carboxylic acids is 1. The molecule has 3 nitrogen and oxygen atoms in total. The molecule has 17 heavy (non-hydrogen) atoms. The van der Waals surface area contributed by atoms with Crippen molar-refractivity contribution >= 4 is 11.7 Å². The number of hydrogen-bond acceptors (Lipinski definition) is 2. The average Bonchev–Trinajstić information content (AvgIpc) is 2.39. The van der Waals surface area contributed by atoms with Crippen LogP contribution in [0.25, 0.3) is 0 Å². The molecule has 1 aliphatic heterocycles. The fourth-order valence-electron chi connectivity index (χ4n) is 2.34. The molecule has 0 spiro atoms. The largest absolute Gasteiger partial charge is 0.478 e. The van der Waals surface area contributed by atoms with Crippen LogP contribution in [-0.2, 0) is 0 Å². The number of carboxylic acids is 1. The molecule has 1 N–H and O–H groups in total. The van der Waals surface area contributed by atoms with E-state index in [1.807, 2.05) is 11.0 Å². The number of anilines is 1. The SMILES string of the molecule is O=C(O)c1ccccc1N1CCCC(CF)C1. The smallest absolute Gasteiger partial charge is 0.337 e. The number of rotatable bonds is 3. The van der Waals surface area contributed by atoms with Crippen molar-refractivity contribution in [3.8, 4) is 0 Å². The summed E-state index contributed by atoms with van der Waals surface area (Å²) < 4.78 is 12.7. The zero-order valence-corrected chi connectivity index (χ0v) is 9.60. The summed E-state index contributed by atoms with van der Waals surface area (Å²) in [6.45, 7) is 1.09. The first-order valence-electron chi connectivity index (χ1n) is 5.85. The van der Waals surface area contributed by atoms with Crippen LogP contribution in [0.15, 0.2) is 24.3 Å². The predicted octanol–water partition coefficient (Wildman–Crippen LogP) is 2.57. The number of halogens is 1. The highest BCUT2D eigenvalue weighted by molar-refractivity contribution is 5.94. The standard InChI is InChI=1S/C13H16FNO2/c14-8-10-4-3-7-15(9-10)12-6-2-1-5-11(12)13(16)17/h1-2,5-6,10H,3-4,7-9H2,(H,16,17). The lowest BCUT2D eigenvalue weighted by Crippen LogP contribution is -2.37. The molecule has 0 aliphatic carbocycles.